The maximum atomic E-state index is 10.7. The van der Waals surface area contributed by atoms with Gasteiger partial charge in [-0.15, -0.1) is 0 Å². The van der Waals surface area contributed by atoms with E-state index in [1.807, 2.05) is 12.1 Å². The van der Waals surface area contributed by atoms with Crippen LogP contribution in [-0.2, 0) is 6.54 Å². The van der Waals surface area contributed by atoms with Gasteiger partial charge >= 0.3 is 0 Å². The molecule has 142 valence electrons. The molecule has 7 nitrogen and oxygen atoms in total. The summed E-state index contributed by atoms with van der Waals surface area (Å²) >= 11 is 5.50. The van der Waals surface area contributed by atoms with Crippen LogP contribution in [0.5, 0.6) is 5.75 Å². The van der Waals surface area contributed by atoms with Crippen molar-refractivity contribution in [2.45, 2.75) is 6.54 Å². The molecule has 2 N–H and O–H groups in total. The Bertz CT molecular complexity index is 805. The minimum atomic E-state index is -0.410. The molecule has 3 rings (SSSR count). The standard InChI is InChI=1S/C19H22N4O3S/c1-26-18-4-2-3-15(13-18)14-21-9-11-22(12-10-21)19(27)20-16-5-7-17(8-6-16)23(24)25/h2-8,13H,9-12,14H2,1H3,(H,20,27)/p+1. The number of methoxy groups -OCH3 is 1. The number of piperazine rings is 1. The second-order valence-electron chi connectivity index (χ2n) is 6.50. The van der Waals surface area contributed by atoms with Gasteiger partial charge in [0.25, 0.3) is 5.69 Å². The molecule has 2 aromatic carbocycles. The molecule has 1 aliphatic heterocycles. The molecule has 1 aliphatic rings. The lowest BCUT2D eigenvalue weighted by molar-refractivity contribution is -0.917. The molecule has 0 bridgehead atoms. The molecule has 0 atom stereocenters. The fourth-order valence-corrected chi connectivity index (χ4v) is 3.44. The Morgan fingerprint density at radius 1 is 1.26 bits per heavy atom. The van der Waals surface area contributed by atoms with Gasteiger partial charge in [-0.05, 0) is 36.5 Å². The van der Waals surface area contributed by atoms with Gasteiger partial charge in [-0.1, -0.05) is 12.1 Å². The SMILES string of the molecule is COc1cccc(C[NH+]2CCN(C(=S)Nc3ccc([N+](=O)[O-])cc3)CC2)c1. The minimum Gasteiger partial charge on any atom is -0.497 e. The highest BCUT2D eigenvalue weighted by atomic mass is 32.1. The molecule has 0 radical (unpaired) electrons. The number of ether oxygens (including phenoxy) is 1. The van der Waals surface area contributed by atoms with E-state index in [0.29, 0.717) is 5.11 Å². The normalized spacial score (nSPS) is 14.6. The van der Waals surface area contributed by atoms with Crippen molar-refractivity contribution in [1.29, 1.82) is 0 Å². The summed E-state index contributed by atoms with van der Waals surface area (Å²) in [6.07, 6.45) is 0. The van der Waals surface area contributed by atoms with E-state index in [1.165, 1.54) is 22.6 Å². The third kappa shape index (κ3) is 5.15. The summed E-state index contributed by atoms with van der Waals surface area (Å²) in [5, 5.41) is 14.5. The molecule has 1 saturated heterocycles. The highest BCUT2D eigenvalue weighted by Gasteiger charge is 2.22. The van der Waals surface area contributed by atoms with E-state index in [4.69, 9.17) is 17.0 Å². The van der Waals surface area contributed by atoms with E-state index in [9.17, 15) is 10.1 Å². The van der Waals surface area contributed by atoms with Gasteiger partial charge in [0.1, 0.15) is 12.3 Å². The van der Waals surface area contributed by atoms with Gasteiger partial charge < -0.3 is 19.9 Å². The predicted molar refractivity (Wildman–Crippen MR) is 108 cm³/mol. The molecule has 2 aromatic rings. The number of hydrogen-bond acceptors (Lipinski definition) is 4. The second-order valence-corrected chi connectivity index (χ2v) is 6.89. The van der Waals surface area contributed by atoms with Crippen LogP contribution in [0.25, 0.3) is 0 Å². The maximum Gasteiger partial charge on any atom is 0.269 e. The van der Waals surface area contributed by atoms with Crippen LogP contribution in [0.2, 0.25) is 0 Å². The Hall–Kier alpha value is -2.71. The number of nitro benzene ring substituents is 1. The Morgan fingerprint density at radius 2 is 1.96 bits per heavy atom. The van der Waals surface area contributed by atoms with Crippen LogP contribution in [0.15, 0.2) is 48.5 Å². The molecule has 0 aromatic heterocycles. The fourth-order valence-electron chi connectivity index (χ4n) is 3.14. The average Bonchev–Trinajstić information content (AvgIpc) is 2.69. The molecule has 0 aliphatic carbocycles. The highest BCUT2D eigenvalue weighted by molar-refractivity contribution is 7.80. The molecular weight excluding hydrogens is 364 g/mol. The first-order valence-electron chi connectivity index (χ1n) is 8.82. The van der Waals surface area contributed by atoms with Crippen molar-refractivity contribution in [3.05, 3.63) is 64.2 Å². The largest absolute Gasteiger partial charge is 0.497 e. The maximum absolute atomic E-state index is 10.7. The van der Waals surface area contributed by atoms with E-state index in [2.05, 4.69) is 22.3 Å². The molecule has 0 amide bonds. The van der Waals surface area contributed by atoms with E-state index >= 15 is 0 Å². The zero-order valence-electron chi connectivity index (χ0n) is 15.2. The Balaban J connectivity index is 1.49. The van der Waals surface area contributed by atoms with Gasteiger partial charge in [-0.2, -0.15) is 0 Å². The summed E-state index contributed by atoms with van der Waals surface area (Å²) in [4.78, 5) is 14.0. The highest BCUT2D eigenvalue weighted by Crippen LogP contribution is 2.16. The summed E-state index contributed by atoms with van der Waals surface area (Å²) in [5.74, 6) is 0.888. The van der Waals surface area contributed by atoms with E-state index in [0.717, 1.165) is 44.2 Å². The van der Waals surface area contributed by atoms with Gasteiger partial charge in [0.2, 0.25) is 0 Å². The van der Waals surface area contributed by atoms with Crippen molar-refractivity contribution >= 4 is 28.7 Å². The molecule has 8 heteroatoms. The van der Waals surface area contributed by atoms with Crippen molar-refractivity contribution in [3.8, 4) is 5.75 Å². The van der Waals surface area contributed by atoms with Crippen LogP contribution in [0.1, 0.15) is 5.56 Å². The monoisotopic (exact) mass is 387 g/mol. The number of anilines is 1. The van der Waals surface area contributed by atoms with Gasteiger partial charge in [-0.3, -0.25) is 10.1 Å². The number of nitrogens with zero attached hydrogens (tertiary/aromatic N) is 2. The topological polar surface area (TPSA) is 72.1 Å². The molecule has 0 spiro atoms. The van der Waals surface area contributed by atoms with Crippen LogP contribution in [0.4, 0.5) is 11.4 Å². The van der Waals surface area contributed by atoms with Gasteiger partial charge in [-0.25, -0.2) is 0 Å². The average molecular weight is 387 g/mol. The van der Waals surface area contributed by atoms with Crippen molar-refractivity contribution < 1.29 is 14.6 Å². The molecule has 0 saturated carbocycles. The number of thiocarbonyl (C=S) groups is 1. The number of quaternary nitrogens is 1. The third-order valence-electron chi connectivity index (χ3n) is 4.68. The lowest BCUT2D eigenvalue weighted by Crippen LogP contribution is -3.13. The minimum absolute atomic E-state index is 0.0706. The van der Waals surface area contributed by atoms with Gasteiger partial charge in [0, 0.05) is 23.4 Å². The van der Waals surface area contributed by atoms with Crippen LogP contribution in [0.3, 0.4) is 0 Å². The summed E-state index contributed by atoms with van der Waals surface area (Å²) in [6, 6.07) is 14.5. The summed E-state index contributed by atoms with van der Waals surface area (Å²) in [6.45, 7) is 4.71. The van der Waals surface area contributed by atoms with E-state index < -0.39 is 4.92 Å². The van der Waals surface area contributed by atoms with E-state index in [1.54, 1.807) is 19.2 Å². The van der Waals surface area contributed by atoms with Gasteiger partial charge in [0.15, 0.2) is 5.11 Å². The zero-order valence-corrected chi connectivity index (χ0v) is 16.0. The lowest BCUT2D eigenvalue weighted by Gasteiger charge is -2.34. The zero-order chi connectivity index (χ0) is 19.2. The molecule has 1 heterocycles. The van der Waals surface area contributed by atoms with Gasteiger partial charge in [0.05, 0.1) is 38.2 Å². The summed E-state index contributed by atoms with van der Waals surface area (Å²) < 4.78 is 5.29. The van der Waals surface area contributed by atoms with Crippen molar-refractivity contribution in [2.75, 3.05) is 38.6 Å². The molecule has 27 heavy (non-hydrogen) atoms. The second kappa shape index (κ2) is 8.79. The number of hydrogen-bond donors (Lipinski definition) is 2. The van der Waals surface area contributed by atoms with Crippen molar-refractivity contribution in [3.63, 3.8) is 0 Å². The van der Waals surface area contributed by atoms with Crippen LogP contribution in [0, 0.1) is 10.1 Å². The van der Waals surface area contributed by atoms with E-state index in [-0.39, 0.29) is 5.69 Å². The lowest BCUT2D eigenvalue weighted by atomic mass is 10.2. The number of non-ortho nitro benzene ring substituents is 1. The smallest absolute Gasteiger partial charge is 0.269 e. The number of nitro groups is 1. The molecule has 0 unspecified atom stereocenters. The third-order valence-corrected chi connectivity index (χ3v) is 5.04. The Kier molecular flexibility index (Phi) is 6.20. The number of rotatable bonds is 5. The number of benzene rings is 2. The van der Waals surface area contributed by atoms with Crippen molar-refractivity contribution in [2.24, 2.45) is 0 Å². The first kappa shape index (κ1) is 19.1. The fraction of sp³-hybridized carbons (Fsp3) is 0.316. The summed E-state index contributed by atoms with van der Waals surface area (Å²) in [5.41, 5.74) is 2.10. The van der Waals surface area contributed by atoms with Crippen LogP contribution >= 0.6 is 12.2 Å². The quantitative estimate of drug-likeness (QED) is 0.462. The Labute approximate surface area is 163 Å². The first-order chi connectivity index (χ1) is 13.0. The molecular formula is C19H23N4O3S+. The first-order valence-corrected chi connectivity index (χ1v) is 9.23. The molecule has 1 fully saturated rings. The Morgan fingerprint density at radius 3 is 2.59 bits per heavy atom. The summed E-state index contributed by atoms with van der Waals surface area (Å²) in [7, 11) is 1.68. The van der Waals surface area contributed by atoms with Crippen LogP contribution in [-0.4, -0.2) is 48.2 Å². The number of nitrogens with one attached hydrogen (secondary N) is 2. The van der Waals surface area contributed by atoms with Crippen molar-refractivity contribution in [1.82, 2.24) is 4.90 Å². The van der Waals surface area contributed by atoms with Crippen LogP contribution < -0.4 is 15.0 Å². The predicted octanol–water partition coefficient (Wildman–Crippen LogP) is 1.70.